The summed E-state index contributed by atoms with van der Waals surface area (Å²) in [7, 11) is 0. The van der Waals surface area contributed by atoms with Crippen molar-refractivity contribution < 1.29 is 4.79 Å². The van der Waals surface area contributed by atoms with Crippen LogP contribution in [0.3, 0.4) is 0 Å². The molecule has 1 aliphatic heterocycles. The fraction of sp³-hybridized carbons (Fsp3) is 0.562. The number of hydrogen-bond donors (Lipinski definition) is 2. The van der Waals surface area contributed by atoms with E-state index in [1.807, 2.05) is 0 Å². The molecule has 2 rings (SSSR count). The molecule has 19 heavy (non-hydrogen) atoms. The van der Waals surface area contributed by atoms with Crippen molar-refractivity contribution in [2.45, 2.75) is 39.2 Å². The number of piperidine rings is 1. The van der Waals surface area contributed by atoms with Crippen molar-refractivity contribution >= 4 is 5.91 Å². The molecule has 0 radical (unpaired) electrons. The highest BCUT2D eigenvalue weighted by atomic mass is 16.1. The van der Waals surface area contributed by atoms with E-state index in [4.69, 9.17) is 0 Å². The van der Waals surface area contributed by atoms with Gasteiger partial charge in [-0.15, -0.1) is 0 Å². The lowest BCUT2D eigenvalue weighted by molar-refractivity contribution is -0.122. The van der Waals surface area contributed by atoms with Crippen LogP contribution in [0.15, 0.2) is 24.3 Å². The second kappa shape index (κ2) is 7.29. The van der Waals surface area contributed by atoms with Crippen LogP contribution in [-0.4, -0.2) is 19.0 Å². The summed E-state index contributed by atoms with van der Waals surface area (Å²) in [6, 6.07) is 8.47. The Morgan fingerprint density at radius 1 is 1.21 bits per heavy atom. The van der Waals surface area contributed by atoms with Crippen molar-refractivity contribution in [2.24, 2.45) is 5.92 Å². The Kier molecular flexibility index (Phi) is 5.40. The third-order valence-corrected chi connectivity index (χ3v) is 3.85. The van der Waals surface area contributed by atoms with E-state index < -0.39 is 0 Å². The Labute approximate surface area is 115 Å². The van der Waals surface area contributed by atoms with Crippen LogP contribution in [0, 0.1) is 5.92 Å². The maximum absolute atomic E-state index is 11.9. The number of rotatable bonds is 5. The quantitative estimate of drug-likeness (QED) is 0.852. The van der Waals surface area contributed by atoms with Gasteiger partial charge in [-0.05, 0) is 49.4 Å². The molecular formula is C16H24N2O. The largest absolute Gasteiger partial charge is 0.352 e. The van der Waals surface area contributed by atoms with Gasteiger partial charge in [-0.1, -0.05) is 31.2 Å². The predicted octanol–water partition coefficient (Wildman–Crippen LogP) is 2.25. The third kappa shape index (κ3) is 4.67. The monoisotopic (exact) mass is 260 g/mol. The van der Waals surface area contributed by atoms with E-state index in [9.17, 15) is 4.79 Å². The molecule has 1 amide bonds. The summed E-state index contributed by atoms with van der Waals surface area (Å²) in [5.74, 6) is 0.746. The van der Waals surface area contributed by atoms with E-state index in [2.05, 4.69) is 41.8 Å². The Balaban J connectivity index is 1.72. The Morgan fingerprint density at radius 3 is 2.47 bits per heavy atom. The number of carbonyl (C=O) groups is 1. The smallest absolute Gasteiger partial charge is 0.220 e. The summed E-state index contributed by atoms with van der Waals surface area (Å²) < 4.78 is 0. The van der Waals surface area contributed by atoms with Gasteiger partial charge in [0.1, 0.15) is 0 Å². The minimum absolute atomic E-state index is 0.187. The van der Waals surface area contributed by atoms with Gasteiger partial charge in [-0.25, -0.2) is 0 Å². The summed E-state index contributed by atoms with van der Waals surface area (Å²) >= 11 is 0. The molecule has 3 heteroatoms. The molecule has 0 atom stereocenters. The lowest BCUT2D eigenvalue weighted by Gasteiger charge is -2.21. The van der Waals surface area contributed by atoms with Gasteiger partial charge in [0.2, 0.25) is 5.91 Å². The first kappa shape index (κ1) is 14.1. The van der Waals surface area contributed by atoms with E-state index in [1.54, 1.807) is 0 Å². The topological polar surface area (TPSA) is 41.1 Å². The molecule has 2 N–H and O–H groups in total. The minimum atomic E-state index is 0.187. The van der Waals surface area contributed by atoms with E-state index in [0.717, 1.165) is 32.4 Å². The second-order valence-corrected chi connectivity index (χ2v) is 5.34. The molecule has 0 saturated carbocycles. The Morgan fingerprint density at radius 2 is 1.84 bits per heavy atom. The average Bonchev–Trinajstić information content (AvgIpc) is 2.47. The summed E-state index contributed by atoms with van der Waals surface area (Å²) in [6.07, 6.45) is 3.98. The molecule has 1 aliphatic rings. The SMILES string of the molecule is CCc1ccc(CNC(=O)CC2CCNCC2)cc1. The average molecular weight is 260 g/mol. The lowest BCUT2D eigenvalue weighted by Crippen LogP contribution is -2.32. The zero-order valence-electron chi connectivity index (χ0n) is 11.7. The standard InChI is InChI=1S/C16H24N2O/c1-2-13-3-5-15(6-4-13)12-18-16(19)11-14-7-9-17-10-8-14/h3-6,14,17H,2,7-12H2,1H3,(H,18,19). The zero-order valence-corrected chi connectivity index (χ0v) is 11.7. The molecule has 1 saturated heterocycles. The molecular weight excluding hydrogens is 236 g/mol. The van der Waals surface area contributed by atoms with Crippen LogP contribution < -0.4 is 10.6 Å². The number of benzene rings is 1. The van der Waals surface area contributed by atoms with Crippen LogP contribution in [0.4, 0.5) is 0 Å². The van der Waals surface area contributed by atoms with Crippen LogP contribution in [-0.2, 0) is 17.8 Å². The van der Waals surface area contributed by atoms with E-state index >= 15 is 0 Å². The number of nitrogens with one attached hydrogen (secondary N) is 2. The molecule has 3 nitrogen and oxygen atoms in total. The van der Waals surface area contributed by atoms with Gasteiger partial charge in [0.25, 0.3) is 0 Å². The summed E-state index contributed by atoms with van der Waals surface area (Å²) in [6.45, 7) is 4.90. The van der Waals surface area contributed by atoms with Crippen molar-refractivity contribution in [3.8, 4) is 0 Å². The number of hydrogen-bond acceptors (Lipinski definition) is 2. The van der Waals surface area contributed by atoms with Crippen molar-refractivity contribution in [1.82, 2.24) is 10.6 Å². The molecule has 104 valence electrons. The van der Waals surface area contributed by atoms with Crippen LogP contribution in [0.1, 0.15) is 37.3 Å². The van der Waals surface area contributed by atoms with Gasteiger partial charge < -0.3 is 10.6 Å². The first-order chi connectivity index (χ1) is 9.28. The van der Waals surface area contributed by atoms with Crippen LogP contribution in [0.2, 0.25) is 0 Å². The lowest BCUT2D eigenvalue weighted by atomic mass is 9.94. The maximum atomic E-state index is 11.9. The molecule has 1 aromatic carbocycles. The maximum Gasteiger partial charge on any atom is 0.220 e. The Bertz CT molecular complexity index is 394. The first-order valence-electron chi connectivity index (χ1n) is 7.33. The van der Waals surface area contributed by atoms with Gasteiger partial charge in [-0.2, -0.15) is 0 Å². The van der Waals surface area contributed by atoms with Crippen LogP contribution in [0.5, 0.6) is 0 Å². The molecule has 0 unspecified atom stereocenters. The molecule has 0 aliphatic carbocycles. The van der Waals surface area contributed by atoms with E-state index in [0.29, 0.717) is 18.9 Å². The normalized spacial score (nSPS) is 16.3. The highest BCUT2D eigenvalue weighted by Gasteiger charge is 2.16. The molecule has 0 bridgehead atoms. The van der Waals surface area contributed by atoms with Crippen molar-refractivity contribution in [3.63, 3.8) is 0 Å². The van der Waals surface area contributed by atoms with Gasteiger partial charge >= 0.3 is 0 Å². The van der Waals surface area contributed by atoms with E-state index in [-0.39, 0.29) is 5.91 Å². The summed E-state index contributed by atoms with van der Waals surface area (Å²) in [4.78, 5) is 11.9. The number of carbonyl (C=O) groups excluding carboxylic acids is 1. The third-order valence-electron chi connectivity index (χ3n) is 3.85. The second-order valence-electron chi connectivity index (χ2n) is 5.34. The van der Waals surface area contributed by atoms with Crippen molar-refractivity contribution in [2.75, 3.05) is 13.1 Å². The van der Waals surface area contributed by atoms with E-state index in [1.165, 1.54) is 11.1 Å². The summed E-state index contributed by atoms with van der Waals surface area (Å²) in [5.41, 5.74) is 2.51. The van der Waals surface area contributed by atoms with Gasteiger partial charge in [0.05, 0.1) is 0 Å². The van der Waals surface area contributed by atoms with Gasteiger partial charge in [0.15, 0.2) is 0 Å². The molecule has 1 aromatic rings. The van der Waals surface area contributed by atoms with Gasteiger partial charge in [-0.3, -0.25) is 4.79 Å². The van der Waals surface area contributed by atoms with Crippen LogP contribution >= 0.6 is 0 Å². The van der Waals surface area contributed by atoms with Crippen LogP contribution in [0.25, 0.3) is 0 Å². The van der Waals surface area contributed by atoms with Gasteiger partial charge in [0, 0.05) is 13.0 Å². The molecule has 0 aromatic heterocycles. The molecule has 0 spiro atoms. The summed E-state index contributed by atoms with van der Waals surface area (Å²) in [5, 5.41) is 6.35. The fourth-order valence-electron chi connectivity index (χ4n) is 2.51. The van der Waals surface area contributed by atoms with Crippen molar-refractivity contribution in [3.05, 3.63) is 35.4 Å². The molecule has 1 heterocycles. The molecule has 1 fully saturated rings. The minimum Gasteiger partial charge on any atom is -0.352 e. The fourth-order valence-corrected chi connectivity index (χ4v) is 2.51. The Hall–Kier alpha value is -1.35. The predicted molar refractivity (Wildman–Crippen MR) is 77.9 cm³/mol. The number of amides is 1. The highest BCUT2D eigenvalue weighted by Crippen LogP contribution is 2.15. The first-order valence-corrected chi connectivity index (χ1v) is 7.33. The zero-order chi connectivity index (χ0) is 13.5. The highest BCUT2D eigenvalue weighted by molar-refractivity contribution is 5.76. The van der Waals surface area contributed by atoms with Crippen molar-refractivity contribution in [1.29, 1.82) is 0 Å². The number of aryl methyl sites for hydroxylation is 1.